The summed E-state index contributed by atoms with van der Waals surface area (Å²) in [6, 6.07) is 4.91. The van der Waals surface area contributed by atoms with E-state index in [-0.39, 0.29) is 72.0 Å². The highest BCUT2D eigenvalue weighted by Gasteiger charge is 2.43. The normalized spacial score (nSPS) is 15.9. The number of aromatic nitrogens is 2. The van der Waals surface area contributed by atoms with E-state index in [2.05, 4.69) is 9.97 Å². The number of ether oxygens (including phenoxy) is 1. The number of piperidine rings is 1. The lowest BCUT2D eigenvalue weighted by molar-refractivity contribution is -0.153. The first kappa shape index (κ1) is 24.4. The average Bonchev–Trinajstić information content (AvgIpc) is 3.26. The van der Waals surface area contributed by atoms with Gasteiger partial charge >= 0.3 is 12.1 Å². The maximum absolute atomic E-state index is 14.3. The molecule has 186 valence electrons. The molecule has 3 heterocycles. The van der Waals surface area contributed by atoms with E-state index < -0.39 is 29.4 Å². The number of carbonyl (C=O) groups is 2. The summed E-state index contributed by atoms with van der Waals surface area (Å²) < 4.78 is 64.7. The number of alkyl halides is 4. The number of fused-ring (bicyclic) bond motifs is 1. The first-order chi connectivity index (χ1) is 16.5. The molecule has 0 aliphatic carbocycles. The Morgan fingerprint density at radius 3 is 2.46 bits per heavy atom. The second kappa shape index (κ2) is 8.80. The van der Waals surface area contributed by atoms with Gasteiger partial charge in [0.2, 0.25) is 11.6 Å². The van der Waals surface area contributed by atoms with Crippen molar-refractivity contribution < 1.29 is 41.4 Å². The maximum atomic E-state index is 14.3. The van der Waals surface area contributed by atoms with Crippen LogP contribution in [0.25, 0.3) is 22.4 Å². The summed E-state index contributed by atoms with van der Waals surface area (Å²) in [4.78, 5) is 33.3. The minimum absolute atomic E-state index is 0.0177. The zero-order valence-corrected chi connectivity index (χ0v) is 18.4. The molecule has 1 fully saturated rings. The SMILES string of the molecule is COc1ccc(-c2nc(C(=O)N3CCC(F)(C(=O)O)CC3)c(CN)o2)c2ccc(C(F)(F)F)nc12. The van der Waals surface area contributed by atoms with E-state index >= 15 is 0 Å². The van der Waals surface area contributed by atoms with Crippen LogP contribution in [0.15, 0.2) is 28.7 Å². The molecular formula is C22H20F4N4O5. The molecule has 0 bridgehead atoms. The van der Waals surface area contributed by atoms with Crippen molar-refractivity contribution in [3.05, 3.63) is 41.4 Å². The van der Waals surface area contributed by atoms with Crippen molar-refractivity contribution in [3.8, 4) is 17.2 Å². The number of amides is 1. The molecule has 1 amide bonds. The molecule has 3 aromatic rings. The van der Waals surface area contributed by atoms with Crippen LogP contribution in [0.2, 0.25) is 0 Å². The third kappa shape index (κ3) is 4.38. The van der Waals surface area contributed by atoms with Crippen LogP contribution >= 0.6 is 0 Å². The van der Waals surface area contributed by atoms with Crippen LogP contribution < -0.4 is 10.5 Å². The van der Waals surface area contributed by atoms with Gasteiger partial charge < -0.3 is 24.9 Å². The lowest BCUT2D eigenvalue weighted by atomic mass is 9.93. The highest BCUT2D eigenvalue weighted by molar-refractivity contribution is 5.98. The summed E-state index contributed by atoms with van der Waals surface area (Å²) in [5.41, 5.74) is 2.23. The number of rotatable bonds is 5. The zero-order chi connectivity index (χ0) is 25.5. The monoisotopic (exact) mass is 496 g/mol. The molecule has 1 aliphatic rings. The van der Waals surface area contributed by atoms with Crippen molar-refractivity contribution in [1.29, 1.82) is 0 Å². The lowest BCUT2D eigenvalue weighted by Gasteiger charge is -2.33. The fraction of sp³-hybridized carbons (Fsp3) is 0.364. The first-order valence-electron chi connectivity index (χ1n) is 10.4. The Kier molecular flexibility index (Phi) is 6.13. The number of hydrogen-bond donors (Lipinski definition) is 2. The number of benzene rings is 1. The van der Waals surface area contributed by atoms with Gasteiger partial charge in [0.1, 0.15) is 17.0 Å². The van der Waals surface area contributed by atoms with Crippen LogP contribution in [0.4, 0.5) is 17.6 Å². The van der Waals surface area contributed by atoms with Crippen molar-refractivity contribution >= 4 is 22.8 Å². The summed E-state index contributed by atoms with van der Waals surface area (Å²) in [7, 11) is 1.29. The number of oxazole rings is 1. The minimum atomic E-state index is -4.67. The van der Waals surface area contributed by atoms with Crippen LogP contribution in [0.1, 0.15) is 34.8 Å². The molecule has 3 N–H and O–H groups in total. The summed E-state index contributed by atoms with van der Waals surface area (Å²) >= 11 is 0. The molecule has 1 saturated heterocycles. The second-order valence-corrected chi connectivity index (χ2v) is 7.96. The van der Waals surface area contributed by atoms with Crippen molar-refractivity contribution in [3.63, 3.8) is 0 Å². The van der Waals surface area contributed by atoms with Crippen LogP contribution in [-0.4, -0.2) is 57.7 Å². The Labute approximate surface area is 195 Å². The molecule has 1 aromatic carbocycles. The molecule has 4 rings (SSSR count). The number of methoxy groups -OCH3 is 1. The smallest absolute Gasteiger partial charge is 0.433 e. The number of nitrogens with zero attached hydrogens (tertiary/aromatic N) is 3. The molecule has 0 unspecified atom stereocenters. The number of likely N-dealkylation sites (tertiary alicyclic amines) is 1. The Bertz CT molecular complexity index is 1300. The molecule has 1 aliphatic heterocycles. The molecule has 0 spiro atoms. The first-order valence-corrected chi connectivity index (χ1v) is 10.4. The molecule has 2 aromatic heterocycles. The Balaban J connectivity index is 1.72. The molecular weight excluding hydrogens is 476 g/mol. The van der Waals surface area contributed by atoms with Crippen LogP contribution in [0, 0.1) is 0 Å². The second-order valence-electron chi connectivity index (χ2n) is 7.96. The van der Waals surface area contributed by atoms with Crippen molar-refractivity contribution in [1.82, 2.24) is 14.9 Å². The largest absolute Gasteiger partial charge is 0.494 e. The van der Waals surface area contributed by atoms with E-state index in [1.54, 1.807) is 0 Å². The predicted octanol–water partition coefficient (Wildman–Crippen LogP) is 3.40. The number of carbonyl (C=O) groups excluding carboxylic acids is 1. The fourth-order valence-electron chi connectivity index (χ4n) is 3.90. The van der Waals surface area contributed by atoms with Gasteiger partial charge in [0, 0.05) is 36.9 Å². The van der Waals surface area contributed by atoms with Gasteiger partial charge in [-0.3, -0.25) is 4.79 Å². The van der Waals surface area contributed by atoms with Crippen LogP contribution in [-0.2, 0) is 17.5 Å². The van der Waals surface area contributed by atoms with E-state index in [4.69, 9.17) is 20.0 Å². The highest BCUT2D eigenvalue weighted by Crippen LogP contribution is 2.37. The number of halogens is 4. The number of nitrogens with two attached hydrogens (primary N) is 1. The molecule has 0 radical (unpaired) electrons. The van der Waals surface area contributed by atoms with Gasteiger partial charge in [-0.15, -0.1) is 0 Å². The summed E-state index contributed by atoms with van der Waals surface area (Å²) in [6.45, 7) is -0.512. The number of pyridine rings is 1. The van der Waals surface area contributed by atoms with Gasteiger partial charge in [0.15, 0.2) is 11.5 Å². The van der Waals surface area contributed by atoms with E-state index in [9.17, 15) is 27.2 Å². The van der Waals surface area contributed by atoms with Crippen molar-refractivity contribution in [2.75, 3.05) is 20.2 Å². The molecule has 13 heteroatoms. The minimum Gasteiger partial charge on any atom is -0.494 e. The highest BCUT2D eigenvalue weighted by atomic mass is 19.4. The maximum Gasteiger partial charge on any atom is 0.433 e. The van der Waals surface area contributed by atoms with Gasteiger partial charge in [-0.25, -0.2) is 19.2 Å². The number of hydrogen-bond acceptors (Lipinski definition) is 7. The van der Waals surface area contributed by atoms with E-state index in [1.165, 1.54) is 30.2 Å². The van der Waals surface area contributed by atoms with Crippen LogP contribution in [0.5, 0.6) is 5.75 Å². The fourth-order valence-corrected chi connectivity index (χ4v) is 3.90. The third-order valence-corrected chi connectivity index (χ3v) is 5.87. The van der Waals surface area contributed by atoms with Crippen LogP contribution in [0.3, 0.4) is 0 Å². The van der Waals surface area contributed by atoms with Gasteiger partial charge in [-0.05, 0) is 24.3 Å². The number of carboxylic acids is 1. The van der Waals surface area contributed by atoms with Crippen molar-refractivity contribution in [2.24, 2.45) is 5.73 Å². The van der Waals surface area contributed by atoms with Gasteiger partial charge in [0.25, 0.3) is 5.91 Å². The Morgan fingerprint density at radius 1 is 1.20 bits per heavy atom. The molecule has 35 heavy (non-hydrogen) atoms. The Morgan fingerprint density at radius 2 is 1.89 bits per heavy atom. The predicted molar refractivity (Wildman–Crippen MR) is 113 cm³/mol. The van der Waals surface area contributed by atoms with Crippen molar-refractivity contribution in [2.45, 2.75) is 31.2 Å². The van der Waals surface area contributed by atoms with E-state index in [1.807, 2.05) is 0 Å². The lowest BCUT2D eigenvalue weighted by Crippen LogP contribution is -2.48. The number of carboxylic acid groups (broad SMARTS) is 1. The molecule has 0 saturated carbocycles. The van der Waals surface area contributed by atoms with Gasteiger partial charge in [-0.1, -0.05) is 0 Å². The summed E-state index contributed by atoms with van der Waals surface area (Å²) in [5.74, 6) is -2.17. The van der Waals surface area contributed by atoms with E-state index in [0.717, 1.165) is 6.07 Å². The average molecular weight is 496 g/mol. The summed E-state index contributed by atoms with van der Waals surface area (Å²) in [6.07, 6.45) is -5.43. The summed E-state index contributed by atoms with van der Waals surface area (Å²) in [5, 5.41) is 9.28. The zero-order valence-electron chi connectivity index (χ0n) is 18.4. The Hall–Kier alpha value is -3.74. The topological polar surface area (TPSA) is 132 Å². The standard InChI is InChI=1S/C22H20F4N4O5/c1-34-13-4-2-12(11-3-5-15(22(24,25)26)28-16(11)13)18-29-17(14(10-27)35-18)19(31)30-8-6-21(23,7-9-30)20(32)33/h2-5H,6-10,27H2,1H3,(H,32,33). The quantitative estimate of drug-likeness (QED) is 0.514. The van der Waals surface area contributed by atoms with Gasteiger partial charge in [-0.2, -0.15) is 13.2 Å². The molecule has 0 atom stereocenters. The molecule has 9 nitrogen and oxygen atoms in total. The van der Waals surface area contributed by atoms with Gasteiger partial charge in [0.05, 0.1) is 13.7 Å². The third-order valence-electron chi connectivity index (χ3n) is 5.87. The van der Waals surface area contributed by atoms with E-state index in [0.29, 0.717) is 0 Å². The number of aliphatic carboxylic acids is 1.